The second kappa shape index (κ2) is 6.83. The van der Waals surface area contributed by atoms with Crippen LogP contribution in [0.25, 0.3) is 0 Å². The molecule has 0 spiro atoms. The van der Waals surface area contributed by atoms with Crippen molar-refractivity contribution < 1.29 is 18.0 Å². The first-order valence-electron chi connectivity index (χ1n) is 6.10. The highest BCUT2D eigenvalue weighted by Crippen LogP contribution is 2.33. The van der Waals surface area contributed by atoms with Gasteiger partial charge in [-0.3, -0.25) is 4.79 Å². The van der Waals surface area contributed by atoms with Crippen molar-refractivity contribution in [3.63, 3.8) is 0 Å². The van der Waals surface area contributed by atoms with E-state index in [0.29, 0.717) is 17.8 Å². The predicted octanol–water partition coefficient (Wildman–Crippen LogP) is 3.71. The summed E-state index contributed by atoms with van der Waals surface area (Å²) in [5.41, 5.74) is 0. The van der Waals surface area contributed by atoms with Gasteiger partial charge in [-0.25, -0.2) is 0 Å². The van der Waals surface area contributed by atoms with Crippen LogP contribution in [-0.4, -0.2) is 16.1 Å². The van der Waals surface area contributed by atoms with Gasteiger partial charge in [0.15, 0.2) is 0 Å². The number of carbonyl (C=O) groups is 1. The molecule has 0 saturated carbocycles. The van der Waals surface area contributed by atoms with Crippen molar-refractivity contribution in [2.45, 2.75) is 45.7 Å². The fourth-order valence-corrected chi connectivity index (χ4v) is 2.18. The van der Waals surface area contributed by atoms with Crippen LogP contribution in [0.15, 0.2) is 0 Å². The van der Waals surface area contributed by atoms with Crippen molar-refractivity contribution >= 4 is 22.4 Å². The maximum absolute atomic E-state index is 12.3. The van der Waals surface area contributed by atoms with Crippen molar-refractivity contribution in [3.8, 4) is 0 Å². The van der Waals surface area contributed by atoms with E-state index >= 15 is 0 Å². The first-order chi connectivity index (χ1) is 8.88. The average Bonchev–Trinajstić information content (AvgIpc) is 2.78. The molecule has 1 N–H and O–H groups in total. The van der Waals surface area contributed by atoms with E-state index in [0.717, 1.165) is 19.3 Å². The Morgan fingerprint density at radius 3 is 2.53 bits per heavy atom. The highest BCUT2D eigenvalue weighted by atomic mass is 32.1. The predicted molar refractivity (Wildman–Crippen MR) is 66.8 cm³/mol. The minimum absolute atomic E-state index is 0.104. The number of carbonyl (C=O) groups excluding carboxylic acids is 1. The van der Waals surface area contributed by atoms with E-state index in [1.807, 2.05) is 13.8 Å². The smallest absolute Gasteiger partial charge is 0.300 e. The van der Waals surface area contributed by atoms with E-state index in [-0.39, 0.29) is 17.0 Å². The average molecular weight is 295 g/mol. The maximum Gasteiger partial charge on any atom is 0.445 e. The normalized spacial score (nSPS) is 13.3. The summed E-state index contributed by atoms with van der Waals surface area (Å²) in [6, 6.07) is 0. The van der Waals surface area contributed by atoms with Crippen molar-refractivity contribution in [3.05, 3.63) is 5.01 Å². The third-order valence-corrected chi connectivity index (χ3v) is 3.55. The molecule has 0 saturated heterocycles. The van der Waals surface area contributed by atoms with Gasteiger partial charge in [-0.15, -0.1) is 10.2 Å². The van der Waals surface area contributed by atoms with Crippen molar-refractivity contribution in [1.82, 2.24) is 10.2 Å². The van der Waals surface area contributed by atoms with Gasteiger partial charge in [-0.1, -0.05) is 38.0 Å². The van der Waals surface area contributed by atoms with E-state index < -0.39 is 11.2 Å². The molecule has 0 aliphatic carbocycles. The molecule has 0 bridgehead atoms. The topological polar surface area (TPSA) is 54.9 Å². The Labute approximate surface area is 113 Å². The number of rotatable bonds is 6. The van der Waals surface area contributed by atoms with Crippen LogP contribution in [0.2, 0.25) is 0 Å². The zero-order valence-corrected chi connectivity index (χ0v) is 11.6. The molecular weight excluding hydrogens is 279 g/mol. The zero-order valence-electron chi connectivity index (χ0n) is 10.8. The fraction of sp³-hybridized carbons (Fsp3) is 0.727. The number of nitrogens with zero attached hydrogens (tertiary/aromatic N) is 2. The first kappa shape index (κ1) is 15.9. The lowest BCUT2D eigenvalue weighted by Gasteiger charge is -2.12. The van der Waals surface area contributed by atoms with Gasteiger partial charge in [-0.2, -0.15) is 13.2 Å². The summed E-state index contributed by atoms with van der Waals surface area (Å²) in [6.07, 6.45) is -1.26. The van der Waals surface area contributed by atoms with Crippen LogP contribution in [0.1, 0.15) is 44.5 Å². The lowest BCUT2D eigenvalue weighted by Crippen LogP contribution is -2.22. The van der Waals surface area contributed by atoms with E-state index in [2.05, 4.69) is 15.5 Å². The van der Waals surface area contributed by atoms with Gasteiger partial charge in [0, 0.05) is 5.92 Å². The molecule has 0 aliphatic rings. The Hall–Kier alpha value is -1.18. The quantitative estimate of drug-likeness (QED) is 0.870. The molecule has 0 radical (unpaired) electrons. The van der Waals surface area contributed by atoms with E-state index in [4.69, 9.17) is 0 Å². The molecule has 8 heteroatoms. The number of nitrogens with one attached hydrogen (secondary N) is 1. The van der Waals surface area contributed by atoms with Crippen LogP contribution in [0.5, 0.6) is 0 Å². The van der Waals surface area contributed by atoms with Gasteiger partial charge in [-0.05, 0) is 12.8 Å². The van der Waals surface area contributed by atoms with Gasteiger partial charge in [0.25, 0.3) is 0 Å². The molecule has 0 aliphatic heterocycles. The molecule has 0 aromatic carbocycles. The molecule has 1 unspecified atom stereocenters. The van der Waals surface area contributed by atoms with Gasteiger partial charge < -0.3 is 5.32 Å². The molecule has 1 atom stereocenters. The number of unbranched alkanes of at least 4 members (excludes halogenated alkanes) is 1. The van der Waals surface area contributed by atoms with Gasteiger partial charge >= 0.3 is 6.18 Å². The standard InChI is InChI=1S/C11H16F3N3OS/c1-3-5-6-7(4-2)8(18)15-10-17-16-9(19-10)11(12,13)14/h7H,3-6H2,1-2H3,(H,15,17,18). The number of aromatic nitrogens is 2. The van der Waals surface area contributed by atoms with Crippen LogP contribution < -0.4 is 5.32 Å². The van der Waals surface area contributed by atoms with E-state index in [1.165, 1.54) is 0 Å². The number of hydrogen-bond donors (Lipinski definition) is 1. The molecule has 1 rings (SSSR count). The Kier molecular flexibility index (Phi) is 5.71. The Morgan fingerprint density at radius 2 is 2.05 bits per heavy atom. The lowest BCUT2D eigenvalue weighted by molar-refractivity contribution is -0.138. The number of hydrogen-bond acceptors (Lipinski definition) is 4. The van der Waals surface area contributed by atoms with Crippen LogP contribution in [0, 0.1) is 5.92 Å². The van der Waals surface area contributed by atoms with Crippen LogP contribution >= 0.6 is 11.3 Å². The highest BCUT2D eigenvalue weighted by molar-refractivity contribution is 7.15. The monoisotopic (exact) mass is 295 g/mol. The van der Waals surface area contributed by atoms with E-state index in [1.54, 1.807) is 0 Å². The number of amides is 1. The molecule has 1 aromatic rings. The molecule has 1 heterocycles. The molecule has 1 aromatic heterocycles. The maximum atomic E-state index is 12.3. The Balaban J connectivity index is 2.63. The van der Waals surface area contributed by atoms with Gasteiger partial charge in [0.2, 0.25) is 16.0 Å². The summed E-state index contributed by atoms with van der Waals surface area (Å²) in [5.74, 6) is -0.487. The summed E-state index contributed by atoms with van der Waals surface area (Å²) in [4.78, 5) is 11.9. The van der Waals surface area contributed by atoms with Crippen molar-refractivity contribution in [2.75, 3.05) is 5.32 Å². The number of anilines is 1. The minimum Gasteiger partial charge on any atom is -0.300 e. The SMILES string of the molecule is CCCCC(CC)C(=O)Nc1nnc(C(F)(F)F)s1. The van der Waals surface area contributed by atoms with E-state index in [9.17, 15) is 18.0 Å². The number of halogens is 3. The minimum atomic E-state index is -4.52. The third-order valence-electron chi connectivity index (χ3n) is 2.67. The van der Waals surface area contributed by atoms with Gasteiger partial charge in [0.1, 0.15) is 0 Å². The number of alkyl halides is 3. The fourth-order valence-electron chi connectivity index (χ4n) is 1.57. The Bertz CT molecular complexity index is 420. The second-order valence-electron chi connectivity index (χ2n) is 4.15. The molecule has 0 fully saturated rings. The van der Waals surface area contributed by atoms with Crippen molar-refractivity contribution in [2.24, 2.45) is 5.92 Å². The second-order valence-corrected chi connectivity index (χ2v) is 5.12. The molecule has 1 amide bonds. The summed E-state index contributed by atoms with van der Waals surface area (Å²) >= 11 is 0.341. The first-order valence-corrected chi connectivity index (χ1v) is 6.91. The van der Waals surface area contributed by atoms with Crippen molar-refractivity contribution in [1.29, 1.82) is 0 Å². The summed E-state index contributed by atoms with van der Waals surface area (Å²) in [5, 5.41) is 7.60. The van der Waals surface area contributed by atoms with Crippen LogP contribution in [0.4, 0.5) is 18.3 Å². The molecule has 4 nitrogen and oxygen atoms in total. The molecular formula is C11H16F3N3OS. The third kappa shape index (κ3) is 4.77. The summed E-state index contributed by atoms with van der Waals surface area (Å²) in [6.45, 7) is 3.89. The van der Waals surface area contributed by atoms with Crippen LogP contribution in [-0.2, 0) is 11.0 Å². The van der Waals surface area contributed by atoms with Crippen LogP contribution in [0.3, 0.4) is 0 Å². The largest absolute Gasteiger partial charge is 0.445 e. The molecule has 19 heavy (non-hydrogen) atoms. The summed E-state index contributed by atoms with van der Waals surface area (Å²) in [7, 11) is 0. The lowest BCUT2D eigenvalue weighted by atomic mass is 9.99. The summed E-state index contributed by atoms with van der Waals surface area (Å²) < 4.78 is 37.0. The zero-order chi connectivity index (χ0) is 14.5. The molecule has 108 valence electrons. The van der Waals surface area contributed by atoms with Gasteiger partial charge in [0.05, 0.1) is 0 Å². The highest BCUT2D eigenvalue weighted by Gasteiger charge is 2.36. The Morgan fingerprint density at radius 1 is 1.37 bits per heavy atom.